The molecule has 0 fully saturated rings. The van der Waals surface area contributed by atoms with Gasteiger partial charge in [0.2, 0.25) is 0 Å². The van der Waals surface area contributed by atoms with Gasteiger partial charge in [-0.2, -0.15) is 10.2 Å². The van der Waals surface area contributed by atoms with Gasteiger partial charge in [-0.1, -0.05) is 6.07 Å². The number of likely N-dealkylation sites (N-methyl/N-ethyl adjacent to an activating group) is 1. The Kier molecular flexibility index (Phi) is 5.17. The zero-order valence-electron chi connectivity index (χ0n) is 13.9. The van der Waals surface area contributed by atoms with Crippen LogP contribution in [0.2, 0.25) is 0 Å². The summed E-state index contributed by atoms with van der Waals surface area (Å²) in [7, 11) is 3.27. The molecule has 0 amide bonds. The quantitative estimate of drug-likeness (QED) is 0.628. The molecule has 0 spiro atoms. The molecule has 3 rings (SSSR count). The summed E-state index contributed by atoms with van der Waals surface area (Å²) in [5, 5.41) is 19.1. The van der Waals surface area contributed by atoms with Crippen LogP contribution in [0, 0.1) is 5.82 Å². The molecule has 1 aromatic carbocycles. The van der Waals surface area contributed by atoms with Crippen molar-refractivity contribution in [2.24, 2.45) is 0 Å². The Hall–Kier alpha value is -2.62. The summed E-state index contributed by atoms with van der Waals surface area (Å²) in [5.41, 5.74) is 1.15. The second-order valence-corrected chi connectivity index (χ2v) is 5.58. The average molecular weight is 346 g/mol. The predicted octanol–water partition coefficient (Wildman–Crippen LogP) is 1.56. The van der Waals surface area contributed by atoms with E-state index < -0.39 is 11.9 Å². The molecule has 0 saturated carbocycles. The topological polar surface area (TPSA) is 88.3 Å². The van der Waals surface area contributed by atoms with Crippen LogP contribution in [0.5, 0.6) is 0 Å². The van der Waals surface area contributed by atoms with Crippen molar-refractivity contribution in [3.8, 4) is 0 Å². The van der Waals surface area contributed by atoms with Gasteiger partial charge < -0.3 is 15.3 Å². The number of fused-ring (bicyclic) bond motifs is 1. The first-order valence-corrected chi connectivity index (χ1v) is 7.69. The van der Waals surface area contributed by atoms with Crippen LogP contribution in [-0.2, 0) is 11.4 Å². The van der Waals surface area contributed by atoms with Gasteiger partial charge >= 0.3 is 0 Å². The zero-order valence-corrected chi connectivity index (χ0v) is 13.9. The van der Waals surface area contributed by atoms with Crippen LogP contribution in [0.4, 0.5) is 15.9 Å². The van der Waals surface area contributed by atoms with Gasteiger partial charge in [-0.15, -0.1) is 0 Å². The van der Waals surface area contributed by atoms with E-state index in [1.807, 2.05) is 0 Å². The van der Waals surface area contributed by atoms with E-state index in [1.165, 1.54) is 24.6 Å². The lowest BCUT2D eigenvalue weighted by molar-refractivity contribution is -0.129. The van der Waals surface area contributed by atoms with Crippen LogP contribution in [0.1, 0.15) is 0 Å². The molecular weight excluding hydrogens is 327 g/mol. The number of rotatable bonds is 7. The first-order valence-electron chi connectivity index (χ1n) is 7.69. The Morgan fingerprint density at radius 1 is 1.40 bits per heavy atom. The molecule has 9 heteroatoms. The van der Waals surface area contributed by atoms with Crippen LogP contribution in [0.25, 0.3) is 10.9 Å². The van der Waals surface area contributed by atoms with Crippen LogP contribution >= 0.6 is 0 Å². The van der Waals surface area contributed by atoms with Crippen molar-refractivity contribution in [1.29, 1.82) is 0 Å². The van der Waals surface area contributed by atoms with E-state index in [1.54, 1.807) is 36.3 Å². The molecule has 2 heterocycles. The lowest BCUT2D eigenvalue weighted by Gasteiger charge is -2.17. The maximum absolute atomic E-state index is 14.1. The standard InChI is InChI=1S/C16H19FN6O2/c1-22(25-2)8-12(24)9-23-7-11(6-20-23)21-16-15-13(17)4-3-5-14(15)18-10-19-16/h3-7,10,12,24H,8-9H2,1-2H3,(H,18,19,21). The van der Waals surface area contributed by atoms with Crippen LogP contribution in [0.15, 0.2) is 36.9 Å². The highest BCUT2D eigenvalue weighted by atomic mass is 19.1. The van der Waals surface area contributed by atoms with E-state index in [2.05, 4.69) is 20.4 Å². The molecule has 3 aromatic rings. The maximum Gasteiger partial charge on any atom is 0.144 e. The van der Waals surface area contributed by atoms with Gasteiger partial charge in [0.1, 0.15) is 18.0 Å². The van der Waals surface area contributed by atoms with Crippen molar-refractivity contribution in [3.05, 3.63) is 42.7 Å². The van der Waals surface area contributed by atoms with Crippen molar-refractivity contribution >= 4 is 22.4 Å². The minimum atomic E-state index is -0.643. The molecule has 8 nitrogen and oxygen atoms in total. The molecule has 25 heavy (non-hydrogen) atoms. The van der Waals surface area contributed by atoms with Crippen LogP contribution in [-0.4, -0.2) is 56.7 Å². The van der Waals surface area contributed by atoms with Crippen LogP contribution in [0.3, 0.4) is 0 Å². The molecule has 2 aromatic heterocycles. The number of aliphatic hydroxyl groups is 1. The summed E-state index contributed by atoms with van der Waals surface area (Å²) in [6, 6.07) is 4.69. The van der Waals surface area contributed by atoms with Gasteiger partial charge in [0.25, 0.3) is 0 Å². The Balaban J connectivity index is 1.74. The highest BCUT2D eigenvalue weighted by Gasteiger charge is 2.12. The number of aromatic nitrogens is 4. The van der Waals surface area contributed by atoms with E-state index >= 15 is 0 Å². The molecule has 1 unspecified atom stereocenters. The smallest absolute Gasteiger partial charge is 0.144 e. The summed E-state index contributed by atoms with van der Waals surface area (Å²) < 4.78 is 15.7. The highest BCUT2D eigenvalue weighted by molar-refractivity contribution is 5.90. The number of hydrogen-bond acceptors (Lipinski definition) is 7. The lowest BCUT2D eigenvalue weighted by atomic mass is 10.2. The van der Waals surface area contributed by atoms with E-state index in [0.29, 0.717) is 35.5 Å². The molecule has 1 atom stereocenters. The Morgan fingerprint density at radius 3 is 3.04 bits per heavy atom. The van der Waals surface area contributed by atoms with E-state index in [4.69, 9.17) is 4.84 Å². The molecule has 0 radical (unpaired) electrons. The Bertz CT molecular complexity index is 850. The number of halogens is 1. The number of aliphatic hydroxyl groups excluding tert-OH is 1. The molecule has 0 saturated heterocycles. The van der Waals surface area contributed by atoms with Crippen molar-refractivity contribution in [2.75, 3.05) is 26.0 Å². The maximum atomic E-state index is 14.1. The average Bonchev–Trinajstić information content (AvgIpc) is 3.01. The third-order valence-corrected chi connectivity index (χ3v) is 3.69. The highest BCUT2D eigenvalue weighted by Crippen LogP contribution is 2.25. The van der Waals surface area contributed by atoms with Gasteiger partial charge in [0, 0.05) is 13.2 Å². The van der Waals surface area contributed by atoms with E-state index in [9.17, 15) is 9.50 Å². The molecule has 2 N–H and O–H groups in total. The van der Waals surface area contributed by atoms with Crippen LogP contribution < -0.4 is 5.32 Å². The van der Waals surface area contributed by atoms with Crippen molar-refractivity contribution in [3.63, 3.8) is 0 Å². The molecule has 0 aliphatic rings. The summed E-state index contributed by atoms with van der Waals surface area (Å²) in [6.07, 6.45) is 4.03. The number of nitrogens with one attached hydrogen (secondary N) is 1. The van der Waals surface area contributed by atoms with E-state index in [0.717, 1.165) is 0 Å². The summed E-state index contributed by atoms with van der Waals surface area (Å²) in [6.45, 7) is 0.648. The van der Waals surface area contributed by atoms with Crippen molar-refractivity contribution < 1.29 is 14.3 Å². The fourth-order valence-corrected chi connectivity index (χ4v) is 2.47. The fraction of sp³-hybridized carbons (Fsp3) is 0.312. The third kappa shape index (κ3) is 4.08. The van der Waals surface area contributed by atoms with Gasteiger partial charge in [-0.05, 0) is 12.1 Å². The number of hydroxylamine groups is 2. The first-order chi connectivity index (χ1) is 12.1. The minimum absolute atomic E-state index is 0.300. The number of benzene rings is 1. The molecule has 0 aliphatic carbocycles. The van der Waals surface area contributed by atoms with Crippen molar-refractivity contribution in [2.45, 2.75) is 12.6 Å². The lowest BCUT2D eigenvalue weighted by Crippen LogP contribution is -2.31. The normalized spacial score (nSPS) is 12.7. The van der Waals surface area contributed by atoms with Gasteiger partial charge in [-0.25, -0.2) is 14.4 Å². The SMILES string of the molecule is CON(C)CC(O)Cn1cc(Nc2ncnc3cccc(F)c23)cn1. The minimum Gasteiger partial charge on any atom is -0.390 e. The monoisotopic (exact) mass is 346 g/mol. The summed E-state index contributed by atoms with van der Waals surface area (Å²) in [4.78, 5) is 13.2. The number of anilines is 2. The van der Waals surface area contributed by atoms with Gasteiger partial charge in [0.15, 0.2) is 0 Å². The molecule has 0 bridgehead atoms. The molecule has 132 valence electrons. The predicted molar refractivity (Wildman–Crippen MR) is 90.7 cm³/mol. The van der Waals surface area contributed by atoms with E-state index in [-0.39, 0.29) is 0 Å². The third-order valence-electron chi connectivity index (χ3n) is 3.69. The molecule has 0 aliphatic heterocycles. The summed E-state index contributed by atoms with van der Waals surface area (Å²) in [5.74, 6) is -0.0340. The summed E-state index contributed by atoms with van der Waals surface area (Å²) >= 11 is 0. The zero-order chi connectivity index (χ0) is 17.8. The van der Waals surface area contributed by atoms with Gasteiger partial charge in [0.05, 0.1) is 49.1 Å². The van der Waals surface area contributed by atoms with Gasteiger partial charge in [-0.3, -0.25) is 4.68 Å². The fourth-order valence-electron chi connectivity index (χ4n) is 2.47. The first kappa shape index (κ1) is 17.2. The number of hydrogen-bond donors (Lipinski definition) is 2. The second-order valence-electron chi connectivity index (χ2n) is 5.58. The Morgan fingerprint density at radius 2 is 2.24 bits per heavy atom. The Labute approximate surface area is 143 Å². The second kappa shape index (κ2) is 7.51. The molecular formula is C16H19FN6O2. The largest absolute Gasteiger partial charge is 0.390 e. The number of nitrogens with zero attached hydrogens (tertiary/aromatic N) is 5. The van der Waals surface area contributed by atoms with Crippen molar-refractivity contribution in [1.82, 2.24) is 24.8 Å².